The molecule has 0 bridgehead atoms. The first kappa shape index (κ1) is 22.9. The molecule has 1 unspecified atom stereocenters. The van der Waals surface area contributed by atoms with Crippen LogP contribution in [0, 0.1) is 0 Å². The smallest absolute Gasteiger partial charge is 0.337 e. The summed E-state index contributed by atoms with van der Waals surface area (Å²) >= 11 is 12.1. The van der Waals surface area contributed by atoms with Gasteiger partial charge in [-0.2, -0.15) is 0 Å². The number of halogens is 2. The van der Waals surface area contributed by atoms with Crippen LogP contribution >= 0.6 is 23.2 Å². The molecule has 1 aromatic heterocycles. The number of hydrogen-bond donors (Lipinski definition) is 2. The molecule has 2 heterocycles. The molecule has 1 atom stereocenters. The zero-order valence-corrected chi connectivity index (χ0v) is 19.1. The molecule has 1 aliphatic heterocycles. The van der Waals surface area contributed by atoms with Crippen molar-refractivity contribution in [2.45, 2.75) is 46.3 Å². The molecule has 0 saturated heterocycles. The van der Waals surface area contributed by atoms with Crippen LogP contribution in [0.4, 0.5) is 0 Å². The molecule has 0 fully saturated rings. The van der Waals surface area contributed by atoms with Crippen molar-refractivity contribution in [3.63, 3.8) is 0 Å². The van der Waals surface area contributed by atoms with Crippen molar-refractivity contribution < 1.29 is 19.1 Å². The Hall–Kier alpha value is -2.77. The highest BCUT2D eigenvalue weighted by molar-refractivity contribution is 6.40. The second kappa shape index (κ2) is 9.58. The van der Waals surface area contributed by atoms with Gasteiger partial charge in [0, 0.05) is 11.4 Å². The van der Waals surface area contributed by atoms with E-state index in [4.69, 9.17) is 32.7 Å². The number of aromatic amines is 1. The number of rotatable bonds is 6. The number of benzene rings is 1. The molecule has 1 aliphatic rings. The number of hydrogen-bond acceptors (Lipinski definition) is 6. The first-order valence-electron chi connectivity index (χ1n) is 9.70. The van der Waals surface area contributed by atoms with Crippen molar-refractivity contribution in [1.82, 2.24) is 15.3 Å². The quantitative estimate of drug-likeness (QED) is 0.605. The number of carbonyl (C=O) groups is 2. The highest BCUT2D eigenvalue weighted by atomic mass is 35.5. The third kappa shape index (κ3) is 5.11. The van der Waals surface area contributed by atoms with E-state index in [1.165, 1.54) is 0 Å². The number of carbonyl (C=O) groups excluding carboxylic acids is 2. The van der Waals surface area contributed by atoms with Crippen LogP contribution in [0.5, 0.6) is 0 Å². The number of allylic oxidation sites excluding steroid dienone is 2. The zero-order chi connectivity index (χ0) is 22.7. The van der Waals surface area contributed by atoms with Crippen molar-refractivity contribution in [1.29, 1.82) is 0 Å². The minimum absolute atomic E-state index is 0.0408. The van der Waals surface area contributed by atoms with E-state index >= 15 is 0 Å². The van der Waals surface area contributed by atoms with E-state index in [9.17, 15) is 9.59 Å². The maximum atomic E-state index is 13.2. The van der Waals surface area contributed by atoms with Crippen molar-refractivity contribution in [3.05, 3.63) is 74.6 Å². The predicted molar refractivity (Wildman–Crippen MR) is 117 cm³/mol. The van der Waals surface area contributed by atoms with Crippen molar-refractivity contribution >= 4 is 35.1 Å². The monoisotopic (exact) mass is 463 g/mol. The summed E-state index contributed by atoms with van der Waals surface area (Å²) in [5.74, 6) is -1.81. The standard InChI is InChI=1S/C22H23Cl2N3O4/c1-11(2)31-22(29)16-13(4)25-12(3)15(17(16)20-26-18(23)19(24)27-20)21(28)30-10-14-8-6-5-7-9-14/h5-9,11,17,25H,10H2,1-4H3,(H,26,27). The number of dihydropyridines is 1. The molecule has 0 aliphatic carbocycles. The van der Waals surface area contributed by atoms with Gasteiger partial charge < -0.3 is 19.8 Å². The lowest BCUT2D eigenvalue weighted by atomic mass is 9.84. The summed E-state index contributed by atoms with van der Waals surface area (Å²) < 4.78 is 11.0. The zero-order valence-electron chi connectivity index (χ0n) is 17.6. The normalized spacial score (nSPS) is 16.4. The fourth-order valence-corrected chi connectivity index (χ4v) is 3.65. The van der Waals surface area contributed by atoms with Crippen LogP contribution in [-0.2, 0) is 25.7 Å². The Labute approximate surface area is 190 Å². The van der Waals surface area contributed by atoms with Gasteiger partial charge >= 0.3 is 11.9 Å². The molecule has 0 amide bonds. The van der Waals surface area contributed by atoms with Gasteiger partial charge in [-0.05, 0) is 33.3 Å². The number of ether oxygens (including phenoxy) is 2. The Morgan fingerprint density at radius 3 is 2.23 bits per heavy atom. The summed E-state index contributed by atoms with van der Waals surface area (Å²) in [7, 11) is 0. The maximum Gasteiger partial charge on any atom is 0.337 e. The Kier molecular flexibility index (Phi) is 7.08. The number of H-pyrrole nitrogens is 1. The molecule has 0 saturated carbocycles. The van der Waals surface area contributed by atoms with Gasteiger partial charge in [0.25, 0.3) is 0 Å². The predicted octanol–water partition coefficient (Wildman–Crippen LogP) is 4.65. The first-order chi connectivity index (χ1) is 14.7. The number of nitrogens with zero attached hydrogens (tertiary/aromatic N) is 1. The van der Waals surface area contributed by atoms with Crippen LogP contribution < -0.4 is 5.32 Å². The van der Waals surface area contributed by atoms with Crippen LogP contribution in [0.3, 0.4) is 0 Å². The summed E-state index contributed by atoms with van der Waals surface area (Å²) in [5.41, 5.74) is 2.36. The molecule has 164 valence electrons. The summed E-state index contributed by atoms with van der Waals surface area (Å²) in [6, 6.07) is 9.30. The van der Waals surface area contributed by atoms with E-state index in [1.54, 1.807) is 27.7 Å². The van der Waals surface area contributed by atoms with Crippen LogP contribution in [0.1, 0.15) is 45.0 Å². The second-order valence-electron chi connectivity index (χ2n) is 7.38. The van der Waals surface area contributed by atoms with Gasteiger partial charge in [0.2, 0.25) is 0 Å². The minimum atomic E-state index is -0.888. The molecule has 3 rings (SSSR count). The van der Waals surface area contributed by atoms with E-state index in [1.807, 2.05) is 30.3 Å². The van der Waals surface area contributed by atoms with E-state index in [0.717, 1.165) is 5.56 Å². The molecule has 2 N–H and O–H groups in total. The molecule has 0 radical (unpaired) electrons. The molecule has 2 aromatic rings. The maximum absolute atomic E-state index is 13.2. The van der Waals surface area contributed by atoms with Crippen LogP contribution in [0.2, 0.25) is 10.3 Å². The van der Waals surface area contributed by atoms with Gasteiger partial charge in [-0.25, -0.2) is 14.6 Å². The van der Waals surface area contributed by atoms with Gasteiger partial charge in [0.1, 0.15) is 17.6 Å². The van der Waals surface area contributed by atoms with E-state index in [0.29, 0.717) is 11.4 Å². The highest BCUT2D eigenvalue weighted by Crippen LogP contribution is 2.39. The lowest BCUT2D eigenvalue weighted by molar-refractivity contribution is -0.143. The fraction of sp³-hybridized carbons (Fsp3) is 0.318. The number of imidazole rings is 1. The molecular formula is C22H23Cl2N3O4. The van der Waals surface area contributed by atoms with E-state index in [-0.39, 0.29) is 40.0 Å². The highest BCUT2D eigenvalue weighted by Gasteiger charge is 2.40. The van der Waals surface area contributed by atoms with Crippen molar-refractivity contribution in [2.24, 2.45) is 0 Å². The largest absolute Gasteiger partial charge is 0.460 e. The molecule has 31 heavy (non-hydrogen) atoms. The third-order valence-corrected chi connectivity index (χ3v) is 5.31. The lowest BCUT2D eigenvalue weighted by Crippen LogP contribution is -2.33. The van der Waals surface area contributed by atoms with Gasteiger partial charge in [-0.1, -0.05) is 53.5 Å². The topological polar surface area (TPSA) is 93.3 Å². The molecule has 1 aromatic carbocycles. The molecule has 7 nitrogen and oxygen atoms in total. The van der Waals surface area contributed by atoms with Crippen LogP contribution in [0.25, 0.3) is 0 Å². The molecule has 0 spiro atoms. The van der Waals surface area contributed by atoms with Gasteiger partial charge in [0.05, 0.1) is 23.2 Å². The van der Waals surface area contributed by atoms with E-state index in [2.05, 4.69) is 15.3 Å². The number of nitrogens with one attached hydrogen (secondary N) is 2. The number of esters is 2. The van der Waals surface area contributed by atoms with Crippen LogP contribution in [-0.4, -0.2) is 28.0 Å². The van der Waals surface area contributed by atoms with E-state index < -0.39 is 17.9 Å². The van der Waals surface area contributed by atoms with Gasteiger partial charge in [0.15, 0.2) is 5.15 Å². The van der Waals surface area contributed by atoms with Gasteiger partial charge in [-0.15, -0.1) is 0 Å². The molecular weight excluding hydrogens is 441 g/mol. The summed E-state index contributed by atoms with van der Waals surface area (Å²) in [5, 5.41) is 3.23. The Balaban J connectivity index is 2.01. The fourth-order valence-electron chi connectivity index (χ4n) is 3.37. The summed E-state index contributed by atoms with van der Waals surface area (Å²) in [6.07, 6.45) is -0.349. The average molecular weight is 464 g/mol. The SMILES string of the molecule is CC1=C(C(=O)OCc2ccccc2)C(c2nc(Cl)c(Cl)[nH]2)C(C(=O)OC(C)C)=C(C)N1. The van der Waals surface area contributed by atoms with Crippen molar-refractivity contribution in [2.75, 3.05) is 0 Å². The lowest BCUT2D eigenvalue weighted by Gasteiger charge is -2.29. The second-order valence-corrected chi connectivity index (χ2v) is 8.11. The summed E-state index contributed by atoms with van der Waals surface area (Å²) in [6.45, 7) is 7.03. The van der Waals surface area contributed by atoms with Gasteiger partial charge in [-0.3, -0.25) is 0 Å². The first-order valence-corrected chi connectivity index (χ1v) is 10.5. The van der Waals surface area contributed by atoms with Crippen molar-refractivity contribution in [3.8, 4) is 0 Å². The Morgan fingerprint density at radius 1 is 1.06 bits per heavy atom. The number of aromatic nitrogens is 2. The Morgan fingerprint density at radius 2 is 1.68 bits per heavy atom. The third-order valence-electron chi connectivity index (χ3n) is 4.67. The summed E-state index contributed by atoms with van der Waals surface area (Å²) in [4.78, 5) is 33.2. The minimum Gasteiger partial charge on any atom is -0.460 e. The molecule has 9 heteroatoms. The Bertz CT molecular complexity index is 1040. The van der Waals surface area contributed by atoms with Crippen LogP contribution in [0.15, 0.2) is 52.9 Å². The average Bonchev–Trinajstić information content (AvgIpc) is 3.04.